The molecule has 0 aliphatic heterocycles. The standard InChI is InChI=1S/C15H20N2O4S/c1-4-22(19,20)11-12(2)17(3)15(18)10-21-14-8-6-5-7-13(14)9-16/h5-8,12H,4,10-11H2,1-3H3/t12-/m0/s1. The van der Waals surface area contributed by atoms with Crippen LogP contribution in [0.4, 0.5) is 0 Å². The van der Waals surface area contributed by atoms with Crippen molar-refractivity contribution < 1.29 is 17.9 Å². The van der Waals surface area contributed by atoms with Gasteiger partial charge in [-0.1, -0.05) is 19.1 Å². The summed E-state index contributed by atoms with van der Waals surface area (Å²) in [4.78, 5) is 13.4. The second-order valence-corrected chi connectivity index (χ2v) is 7.35. The predicted octanol–water partition coefficient (Wildman–Crippen LogP) is 1.22. The molecule has 1 aromatic rings. The number of carbonyl (C=O) groups excluding carboxylic acids is 1. The average molecular weight is 324 g/mol. The monoisotopic (exact) mass is 324 g/mol. The number of amides is 1. The van der Waals surface area contributed by atoms with Gasteiger partial charge >= 0.3 is 0 Å². The molecule has 7 heteroatoms. The number of benzene rings is 1. The summed E-state index contributed by atoms with van der Waals surface area (Å²) in [6.07, 6.45) is 0. The van der Waals surface area contributed by atoms with E-state index in [-0.39, 0.29) is 24.0 Å². The highest BCUT2D eigenvalue weighted by molar-refractivity contribution is 7.91. The smallest absolute Gasteiger partial charge is 0.260 e. The Labute approximate surface area is 131 Å². The minimum atomic E-state index is -3.15. The van der Waals surface area contributed by atoms with Gasteiger partial charge < -0.3 is 9.64 Å². The van der Waals surface area contributed by atoms with E-state index < -0.39 is 15.9 Å². The van der Waals surface area contributed by atoms with Crippen LogP contribution in [0.2, 0.25) is 0 Å². The fraction of sp³-hybridized carbons (Fsp3) is 0.467. The zero-order valence-corrected chi connectivity index (χ0v) is 13.8. The Morgan fingerprint density at radius 1 is 1.41 bits per heavy atom. The third kappa shape index (κ3) is 5.04. The van der Waals surface area contributed by atoms with E-state index >= 15 is 0 Å². The second kappa shape index (κ2) is 7.80. The number of sulfone groups is 1. The quantitative estimate of drug-likeness (QED) is 0.752. The maximum atomic E-state index is 12.1. The molecule has 0 bridgehead atoms. The largest absolute Gasteiger partial charge is 0.482 e. The molecule has 0 saturated carbocycles. The lowest BCUT2D eigenvalue weighted by molar-refractivity contribution is -0.133. The molecule has 0 fully saturated rings. The molecule has 0 heterocycles. The number of para-hydroxylation sites is 1. The van der Waals surface area contributed by atoms with Gasteiger partial charge in [0.2, 0.25) is 0 Å². The van der Waals surface area contributed by atoms with Crippen molar-refractivity contribution in [1.29, 1.82) is 5.26 Å². The van der Waals surface area contributed by atoms with Crippen LogP contribution in [0.5, 0.6) is 5.75 Å². The molecule has 1 rings (SSSR count). The molecule has 6 nitrogen and oxygen atoms in total. The molecule has 0 N–H and O–H groups in total. The van der Waals surface area contributed by atoms with Gasteiger partial charge in [0, 0.05) is 18.8 Å². The van der Waals surface area contributed by atoms with Crippen molar-refractivity contribution in [3.8, 4) is 11.8 Å². The molecule has 0 aliphatic rings. The van der Waals surface area contributed by atoms with Crippen LogP contribution in [0.15, 0.2) is 24.3 Å². The van der Waals surface area contributed by atoms with Crippen molar-refractivity contribution >= 4 is 15.7 Å². The molecule has 1 amide bonds. The highest BCUT2D eigenvalue weighted by atomic mass is 32.2. The first-order valence-electron chi connectivity index (χ1n) is 6.88. The third-order valence-corrected chi connectivity index (χ3v) is 5.22. The molecule has 1 atom stereocenters. The normalized spacial score (nSPS) is 12.3. The highest BCUT2D eigenvalue weighted by Crippen LogP contribution is 2.16. The van der Waals surface area contributed by atoms with Gasteiger partial charge in [0.05, 0.1) is 11.3 Å². The molecule has 0 saturated heterocycles. The minimum Gasteiger partial charge on any atom is -0.482 e. The van der Waals surface area contributed by atoms with Crippen LogP contribution in [0.25, 0.3) is 0 Å². The van der Waals surface area contributed by atoms with E-state index in [9.17, 15) is 13.2 Å². The maximum Gasteiger partial charge on any atom is 0.260 e. The Morgan fingerprint density at radius 3 is 2.64 bits per heavy atom. The molecule has 0 radical (unpaired) electrons. The Kier molecular flexibility index (Phi) is 6.38. The highest BCUT2D eigenvalue weighted by Gasteiger charge is 2.21. The van der Waals surface area contributed by atoms with Crippen LogP contribution in [0, 0.1) is 11.3 Å². The molecule has 0 spiro atoms. The van der Waals surface area contributed by atoms with Gasteiger partial charge in [-0.2, -0.15) is 5.26 Å². The number of carbonyl (C=O) groups is 1. The Balaban J connectivity index is 2.63. The zero-order valence-electron chi connectivity index (χ0n) is 12.9. The van der Waals surface area contributed by atoms with Gasteiger partial charge in [-0.25, -0.2) is 8.42 Å². The zero-order chi connectivity index (χ0) is 16.8. The number of hydrogen-bond acceptors (Lipinski definition) is 5. The predicted molar refractivity (Wildman–Crippen MR) is 83.2 cm³/mol. The third-order valence-electron chi connectivity index (χ3n) is 3.35. The van der Waals surface area contributed by atoms with E-state index in [1.807, 2.05) is 6.07 Å². The fourth-order valence-corrected chi connectivity index (χ4v) is 2.96. The van der Waals surface area contributed by atoms with E-state index in [4.69, 9.17) is 10.00 Å². The van der Waals surface area contributed by atoms with Crippen molar-refractivity contribution in [3.05, 3.63) is 29.8 Å². The lowest BCUT2D eigenvalue weighted by Gasteiger charge is -2.24. The Hall–Kier alpha value is -2.07. The first-order valence-corrected chi connectivity index (χ1v) is 8.71. The summed E-state index contributed by atoms with van der Waals surface area (Å²) < 4.78 is 28.5. The molecule has 0 aromatic heterocycles. The van der Waals surface area contributed by atoms with Crippen LogP contribution in [0.1, 0.15) is 19.4 Å². The Morgan fingerprint density at radius 2 is 2.05 bits per heavy atom. The van der Waals surface area contributed by atoms with Gasteiger partial charge in [-0.05, 0) is 19.1 Å². The molecule has 22 heavy (non-hydrogen) atoms. The van der Waals surface area contributed by atoms with Gasteiger partial charge in [0.15, 0.2) is 16.4 Å². The maximum absolute atomic E-state index is 12.1. The lowest BCUT2D eigenvalue weighted by Crippen LogP contribution is -2.42. The van der Waals surface area contributed by atoms with Crippen LogP contribution in [-0.4, -0.2) is 50.4 Å². The van der Waals surface area contributed by atoms with Crippen molar-refractivity contribution in [2.45, 2.75) is 19.9 Å². The Bertz CT molecular complexity index is 664. The fourth-order valence-electron chi connectivity index (χ4n) is 1.77. The average Bonchev–Trinajstić information content (AvgIpc) is 2.51. The molecular weight excluding hydrogens is 304 g/mol. The number of nitrogens with zero attached hydrogens (tertiary/aromatic N) is 2. The van der Waals surface area contributed by atoms with Crippen LogP contribution >= 0.6 is 0 Å². The van der Waals surface area contributed by atoms with E-state index in [2.05, 4.69) is 0 Å². The summed E-state index contributed by atoms with van der Waals surface area (Å²) in [5.41, 5.74) is 0.347. The van der Waals surface area contributed by atoms with Crippen LogP contribution in [0.3, 0.4) is 0 Å². The molecule has 120 valence electrons. The number of ether oxygens (including phenoxy) is 1. The van der Waals surface area contributed by atoms with Crippen molar-refractivity contribution in [3.63, 3.8) is 0 Å². The van der Waals surface area contributed by atoms with E-state index in [0.29, 0.717) is 11.3 Å². The van der Waals surface area contributed by atoms with Gasteiger partial charge in [-0.3, -0.25) is 4.79 Å². The van der Waals surface area contributed by atoms with Crippen molar-refractivity contribution in [2.75, 3.05) is 25.2 Å². The molecular formula is C15H20N2O4S. The summed E-state index contributed by atoms with van der Waals surface area (Å²) >= 11 is 0. The second-order valence-electron chi connectivity index (χ2n) is 4.95. The SMILES string of the molecule is CCS(=O)(=O)C[C@H](C)N(C)C(=O)COc1ccccc1C#N. The molecule has 1 aromatic carbocycles. The van der Waals surface area contributed by atoms with Gasteiger partial charge in [-0.15, -0.1) is 0 Å². The van der Waals surface area contributed by atoms with Crippen molar-refractivity contribution in [2.24, 2.45) is 0 Å². The first kappa shape index (κ1) is 18.0. The molecule has 0 unspecified atom stereocenters. The van der Waals surface area contributed by atoms with Crippen LogP contribution < -0.4 is 4.74 Å². The number of hydrogen-bond donors (Lipinski definition) is 0. The summed E-state index contributed by atoms with van der Waals surface area (Å²) in [5, 5.41) is 8.94. The number of likely N-dealkylation sites (N-methyl/N-ethyl adjacent to an activating group) is 1. The van der Waals surface area contributed by atoms with E-state index in [1.54, 1.807) is 38.1 Å². The first-order chi connectivity index (χ1) is 10.3. The topological polar surface area (TPSA) is 87.5 Å². The van der Waals surface area contributed by atoms with Crippen molar-refractivity contribution in [1.82, 2.24) is 4.90 Å². The summed E-state index contributed by atoms with van der Waals surface area (Å²) in [5.74, 6) is -0.0431. The van der Waals surface area contributed by atoms with Gasteiger partial charge in [0.25, 0.3) is 5.91 Å². The van der Waals surface area contributed by atoms with E-state index in [1.165, 1.54) is 11.9 Å². The number of rotatable bonds is 7. The lowest BCUT2D eigenvalue weighted by atomic mass is 10.2. The van der Waals surface area contributed by atoms with Gasteiger partial charge in [0.1, 0.15) is 11.8 Å². The number of nitriles is 1. The summed E-state index contributed by atoms with van der Waals surface area (Å²) in [6.45, 7) is 3.01. The molecule has 0 aliphatic carbocycles. The minimum absolute atomic E-state index is 0.0470. The van der Waals surface area contributed by atoms with Crippen LogP contribution in [-0.2, 0) is 14.6 Å². The van der Waals surface area contributed by atoms with E-state index in [0.717, 1.165) is 0 Å². The summed E-state index contributed by atoms with van der Waals surface area (Å²) in [6, 6.07) is 8.16. The summed E-state index contributed by atoms with van der Waals surface area (Å²) in [7, 11) is -1.61.